The van der Waals surface area contributed by atoms with Crippen LogP contribution in [0.5, 0.6) is 0 Å². The number of benzene rings is 1. The lowest BCUT2D eigenvalue weighted by Gasteiger charge is -2.21. The first-order valence-corrected chi connectivity index (χ1v) is 7.44. The molecule has 2 N–H and O–H groups in total. The first-order valence-electron chi connectivity index (χ1n) is 7.44. The van der Waals surface area contributed by atoms with Crippen LogP contribution >= 0.6 is 0 Å². The molecule has 1 unspecified atom stereocenters. The highest BCUT2D eigenvalue weighted by Gasteiger charge is 2.07. The lowest BCUT2D eigenvalue weighted by atomic mass is 10.0. The van der Waals surface area contributed by atoms with Gasteiger partial charge in [0.1, 0.15) is 0 Å². The SMILES string of the molecule is Cc1cccc(CN(C)c2ccc(CC(C)N)c(C)c2)n1. The highest BCUT2D eigenvalue weighted by molar-refractivity contribution is 5.50. The Balaban J connectivity index is 2.12. The second kappa shape index (κ2) is 6.72. The highest BCUT2D eigenvalue weighted by atomic mass is 15.1. The van der Waals surface area contributed by atoms with Crippen molar-refractivity contribution >= 4 is 5.69 Å². The number of aryl methyl sites for hydroxylation is 2. The lowest BCUT2D eigenvalue weighted by Crippen LogP contribution is -2.19. The predicted octanol–water partition coefficient (Wildman–Crippen LogP) is 3.22. The summed E-state index contributed by atoms with van der Waals surface area (Å²) in [5.74, 6) is 0. The molecule has 21 heavy (non-hydrogen) atoms. The molecule has 0 amide bonds. The first kappa shape index (κ1) is 15.5. The molecule has 2 rings (SSSR count). The topological polar surface area (TPSA) is 42.1 Å². The molecule has 0 saturated heterocycles. The Morgan fingerprint density at radius 2 is 1.95 bits per heavy atom. The summed E-state index contributed by atoms with van der Waals surface area (Å²) in [6.45, 7) is 7.03. The molecule has 0 radical (unpaired) electrons. The molecule has 0 bridgehead atoms. The van der Waals surface area contributed by atoms with Crippen LogP contribution < -0.4 is 10.6 Å². The molecule has 0 aliphatic carbocycles. The second-order valence-corrected chi connectivity index (χ2v) is 5.92. The molecule has 0 fully saturated rings. The van der Waals surface area contributed by atoms with E-state index in [2.05, 4.69) is 54.2 Å². The number of anilines is 1. The zero-order chi connectivity index (χ0) is 15.4. The average molecular weight is 283 g/mol. The molecule has 1 aromatic carbocycles. The summed E-state index contributed by atoms with van der Waals surface area (Å²) in [4.78, 5) is 6.79. The van der Waals surface area contributed by atoms with E-state index in [-0.39, 0.29) is 6.04 Å². The Morgan fingerprint density at radius 3 is 2.57 bits per heavy atom. The third-order valence-corrected chi connectivity index (χ3v) is 3.65. The van der Waals surface area contributed by atoms with Gasteiger partial charge in [0.05, 0.1) is 12.2 Å². The van der Waals surface area contributed by atoms with Gasteiger partial charge in [-0.15, -0.1) is 0 Å². The van der Waals surface area contributed by atoms with Gasteiger partial charge in [0.2, 0.25) is 0 Å². The van der Waals surface area contributed by atoms with Crippen LogP contribution in [-0.4, -0.2) is 18.1 Å². The predicted molar refractivity (Wildman–Crippen MR) is 89.6 cm³/mol. The van der Waals surface area contributed by atoms with Gasteiger partial charge < -0.3 is 10.6 Å². The van der Waals surface area contributed by atoms with Crippen LogP contribution in [0.1, 0.15) is 29.4 Å². The van der Waals surface area contributed by atoms with Gasteiger partial charge in [-0.25, -0.2) is 0 Å². The summed E-state index contributed by atoms with van der Waals surface area (Å²) in [5.41, 5.74) is 11.9. The van der Waals surface area contributed by atoms with Gasteiger partial charge in [0.15, 0.2) is 0 Å². The third-order valence-electron chi connectivity index (χ3n) is 3.65. The monoisotopic (exact) mass is 283 g/mol. The number of nitrogens with zero attached hydrogens (tertiary/aromatic N) is 2. The number of aromatic nitrogens is 1. The summed E-state index contributed by atoms with van der Waals surface area (Å²) < 4.78 is 0. The normalized spacial score (nSPS) is 12.2. The van der Waals surface area contributed by atoms with Crippen LogP contribution in [0.3, 0.4) is 0 Å². The van der Waals surface area contributed by atoms with E-state index in [1.165, 1.54) is 16.8 Å². The molecule has 3 heteroatoms. The Hall–Kier alpha value is -1.87. The Morgan fingerprint density at radius 1 is 1.19 bits per heavy atom. The maximum atomic E-state index is 5.89. The third kappa shape index (κ3) is 4.30. The maximum absolute atomic E-state index is 5.89. The van der Waals surface area contributed by atoms with Crippen LogP contribution in [-0.2, 0) is 13.0 Å². The maximum Gasteiger partial charge on any atom is 0.0600 e. The summed E-state index contributed by atoms with van der Waals surface area (Å²) in [6.07, 6.45) is 0.926. The fourth-order valence-corrected chi connectivity index (χ4v) is 2.52. The van der Waals surface area contributed by atoms with Crippen LogP contribution in [0.25, 0.3) is 0 Å². The van der Waals surface area contributed by atoms with Crippen molar-refractivity contribution in [3.63, 3.8) is 0 Å². The van der Waals surface area contributed by atoms with E-state index in [4.69, 9.17) is 5.73 Å². The van der Waals surface area contributed by atoms with Gasteiger partial charge >= 0.3 is 0 Å². The molecule has 0 aliphatic heterocycles. The van der Waals surface area contributed by atoms with Crippen molar-refractivity contribution in [2.75, 3.05) is 11.9 Å². The first-order chi connectivity index (χ1) is 9.95. The highest BCUT2D eigenvalue weighted by Crippen LogP contribution is 2.20. The van der Waals surface area contributed by atoms with Crippen molar-refractivity contribution in [2.45, 2.75) is 39.8 Å². The van der Waals surface area contributed by atoms with Crippen LogP contribution in [0, 0.1) is 13.8 Å². The number of hydrogen-bond acceptors (Lipinski definition) is 3. The van der Waals surface area contributed by atoms with E-state index in [0.29, 0.717) is 0 Å². The van der Waals surface area contributed by atoms with E-state index in [1.54, 1.807) is 0 Å². The number of hydrogen-bond donors (Lipinski definition) is 1. The Bertz CT molecular complexity index is 605. The Kier molecular flexibility index (Phi) is 4.97. The molecular formula is C18H25N3. The zero-order valence-electron chi connectivity index (χ0n) is 13.4. The second-order valence-electron chi connectivity index (χ2n) is 5.92. The van der Waals surface area contributed by atoms with Crippen molar-refractivity contribution < 1.29 is 0 Å². The number of pyridine rings is 1. The molecule has 0 saturated carbocycles. The zero-order valence-corrected chi connectivity index (χ0v) is 13.4. The molecule has 2 aromatic rings. The van der Waals surface area contributed by atoms with E-state index < -0.39 is 0 Å². The molecule has 1 atom stereocenters. The van der Waals surface area contributed by atoms with Gasteiger partial charge in [-0.1, -0.05) is 12.1 Å². The van der Waals surface area contributed by atoms with Gasteiger partial charge in [0, 0.05) is 24.5 Å². The van der Waals surface area contributed by atoms with Crippen LogP contribution in [0.15, 0.2) is 36.4 Å². The average Bonchev–Trinajstić information content (AvgIpc) is 2.40. The van der Waals surface area contributed by atoms with E-state index in [9.17, 15) is 0 Å². The van der Waals surface area contributed by atoms with Crippen molar-refractivity contribution in [3.8, 4) is 0 Å². The van der Waals surface area contributed by atoms with Crippen LogP contribution in [0.2, 0.25) is 0 Å². The van der Waals surface area contributed by atoms with Gasteiger partial charge in [-0.3, -0.25) is 4.98 Å². The molecule has 0 aliphatic rings. The summed E-state index contributed by atoms with van der Waals surface area (Å²) in [5, 5.41) is 0. The molecule has 112 valence electrons. The van der Waals surface area contributed by atoms with E-state index in [0.717, 1.165) is 24.4 Å². The van der Waals surface area contributed by atoms with Gasteiger partial charge in [0.25, 0.3) is 0 Å². The van der Waals surface area contributed by atoms with Crippen LogP contribution in [0.4, 0.5) is 5.69 Å². The summed E-state index contributed by atoms with van der Waals surface area (Å²) in [6, 6.07) is 12.9. The Labute approximate surface area is 127 Å². The summed E-state index contributed by atoms with van der Waals surface area (Å²) >= 11 is 0. The largest absolute Gasteiger partial charge is 0.369 e. The standard InChI is InChI=1S/C18H25N3/c1-13-10-18(9-8-16(13)11-14(2)19)21(4)12-17-7-5-6-15(3)20-17/h5-10,14H,11-12,19H2,1-4H3. The summed E-state index contributed by atoms with van der Waals surface area (Å²) in [7, 11) is 2.10. The molecule has 3 nitrogen and oxygen atoms in total. The minimum Gasteiger partial charge on any atom is -0.369 e. The van der Waals surface area contributed by atoms with Crippen molar-refractivity contribution in [3.05, 3.63) is 58.9 Å². The molecule has 1 heterocycles. The fraction of sp³-hybridized carbons (Fsp3) is 0.389. The van der Waals surface area contributed by atoms with Crippen molar-refractivity contribution in [1.82, 2.24) is 4.98 Å². The van der Waals surface area contributed by atoms with E-state index in [1.807, 2.05) is 19.9 Å². The molecule has 1 aromatic heterocycles. The number of rotatable bonds is 5. The van der Waals surface area contributed by atoms with Gasteiger partial charge in [-0.05, 0) is 62.6 Å². The van der Waals surface area contributed by atoms with Crippen molar-refractivity contribution in [2.24, 2.45) is 5.73 Å². The molecule has 0 spiro atoms. The van der Waals surface area contributed by atoms with Crippen molar-refractivity contribution in [1.29, 1.82) is 0 Å². The molecular weight excluding hydrogens is 258 g/mol. The minimum atomic E-state index is 0.198. The smallest absolute Gasteiger partial charge is 0.0600 e. The quantitative estimate of drug-likeness (QED) is 0.916. The van der Waals surface area contributed by atoms with Gasteiger partial charge in [-0.2, -0.15) is 0 Å². The fourth-order valence-electron chi connectivity index (χ4n) is 2.52. The minimum absolute atomic E-state index is 0.198. The van der Waals surface area contributed by atoms with E-state index >= 15 is 0 Å². The lowest BCUT2D eigenvalue weighted by molar-refractivity contribution is 0.734. The number of nitrogens with two attached hydrogens (primary N) is 1.